The van der Waals surface area contributed by atoms with Crippen LogP contribution in [0, 0.1) is 12.3 Å². The first-order valence-electron chi connectivity index (χ1n) is 4.49. The molecule has 2 rings (SSSR count). The molecule has 0 bridgehead atoms. The minimum absolute atomic E-state index is 0.188. The van der Waals surface area contributed by atoms with Crippen molar-refractivity contribution in [3.63, 3.8) is 0 Å². The molecule has 1 saturated carbocycles. The molecule has 0 aliphatic heterocycles. The summed E-state index contributed by atoms with van der Waals surface area (Å²) < 4.78 is 14.2. The van der Waals surface area contributed by atoms with Crippen molar-refractivity contribution in [2.75, 3.05) is 0 Å². The number of alkyl halides is 2. The van der Waals surface area contributed by atoms with Gasteiger partial charge in [-0.2, -0.15) is 0 Å². The first-order valence-corrected chi connectivity index (χ1v) is 6.53. The van der Waals surface area contributed by atoms with Gasteiger partial charge in [0.2, 0.25) is 0 Å². The zero-order valence-corrected chi connectivity index (χ0v) is 11.1. The lowest BCUT2D eigenvalue weighted by Gasteiger charge is -2.14. The van der Waals surface area contributed by atoms with Crippen LogP contribution >= 0.6 is 38.9 Å². The molecule has 1 heterocycles. The fourth-order valence-corrected chi connectivity index (χ4v) is 3.66. The maximum atomic E-state index is 13.1. The number of rotatable bonds is 2. The molecule has 78 valence electrons. The van der Waals surface area contributed by atoms with E-state index in [2.05, 4.69) is 15.9 Å². The highest BCUT2D eigenvalue weighted by Crippen LogP contribution is 2.60. The van der Waals surface area contributed by atoms with E-state index in [1.807, 2.05) is 19.9 Å². The van der Waals surface area contributed by atoms with Gasteiger partial charge in [0.1, 0.15) is 6.17 Å². The molecule has 1 aliphatic carbocycles. The molecule has 4 heteroatoms. The second kappa shape index (κ2) is 3.46. The van der Waals surface area contributed by atoms with Crippen LogP contribution in [0.1, 0.15) is 29.2 Å². The summed E-state index contributed by atoms with van der Waals surface area (Å²) in [6.07, 6.45) is -0.137. The largest absolute Gasteiger partial charge is 0.247 e. The topological polar surface area (TPSA) is 0 Å². The van der Waals surface area contributed by atoms with Crippen LogP contribution in [0.5, 0.6) is 0 Å². The third-order valence-electron chi connectivity index (χ3n) is 2.88. The van der Waals surface area contributed by atoms with Gasteiger partial charge < -0.3 is 0 Å². The van der Waals surface area contributed by atoms with Crippen LogP contribution in [0.4, 0.5) is 4.39 Å². The van der Waals surface area contributed by atoms with Crippen LogP contribution in [0.3, 0.4) is 0 Å². The molecule has 0 radical (unpaired) electrons. The maximum absolute atomic E-state index is 13.1. The Morgan fingerprint density at radius 3 is 2.71 bits per heavy atom. The van der Waals surface area contributed by atoms with Crippen molar-refractivity contribution in [1.82, 2.24) is 0 Å². The van der Waals surface area contributed by atoms with Crippen LogP contribution in [-0.4, -0.2) is 6.17 Å². The smallest absolute Gasteiger partial charge is 0.108 e. The lowest BCUT2D eigenvalue weighted by molar-refractivity contribution is 0.371. The van der Waals surface area contributed by atoms with E-state index in [4.69, 9.17) is 11.6 Å². The summed E-state index contributed by atoms with van der Waals surface area (Å²) in [5.74, 6) is 0. The average Bonchev–Trinajstić information content (AvgIpc) is 2.58. The van der Waals surface area contributed by atoms with Crippen LogP contribution in [0.25, 0.3) is 0 Å². The molecule has 3 unspecified atom stereocenters. The number of hydrogen-bond acceptors (Lipinski definition) is 1. The Kier molecular flexibility index (Phi) is 2.70. The zero-order chi connectivity index (χ0) is 10.5. The molecule has 0 spiro atoms. The quantitative estimate of drug-likeness (QED) is 0.685. The van der Waals surface area contributed by atoms with Crippen molar-refractivity contribution in [3.05, 3.63) is 20.3 Å². The highest BCUT2D eigenvalue weighted by Gasteiger charge is 2.56. The normalized spacial score (nSPS) is 33.1. The van der Waals surface area contributed by atoms with Crippen LogP contribution in [0.2, 0.25) is 0 Å². The molecular weight excluding hydrogens is 287 g/mol. The van der Waals surface area contributed by atoms with Crippen LogP contribution < -0.4 is 0 Å². The van der Waals surface area contributed by atoms with Crippen molar-refractivity contribution in [2.24, 2.45) is 5.41 Å². The van der Waals surface area contributed by atoms with Gasteiger partial charge >= 0.3 is 0 Å². The summed E-state index contributed by atoms with van der Waals surface area (Å²) in [6.45, 7) is 3.94. The molecular formula is C10H11BrClFS. The molecule has 3 atom stereocenters. The Hall–Kier alpha value is 0.400. The van der Waals surface area contributed by atoms with Gasteiger partial charge in [0.15, 0.2) is 0 Å². The van der Waals surface area contributed by atoms with Gasteiger partial charge in [-0.25, -0.2) is 4.39 Å². The Morgan fingerprint density at radius 1 is 1.79 bits per heavy atom. The first-order chi connectivity index (χ1) is 6.45. The minimum Gasteiger partial charge on any atom is -0.247 e. The second-order valence-corrected chi connectivity index (χ2v) is 6.98. The molecule has 0 saturated heterocycles. The van der Waals surface area contributed by atoms with Gasteiger partial charge in [0, 0.05) is 10.3 Å². The molecule has 0 amide bonds. The van der Waals surface area contributed by atoms with Crippen molar-refractivity contribution < 1.29 is 4.39 Å². The van der Waals surface area contributed by atoms with E-state index in [0.717, 1.165) is 8.66 Å². The van der Waals surface area contributed by atoms with E-state index in [9.17, 15) is 4.39 Å². The van der Waals surface area contributed by atoms with Gasteiger partial charge in [-0.05, 0) is 40.9 Å². The molecule has 1 aromatic heterocycles. The summed E-state index contributed by atoms with van der Waals surface area (Å²) in [6, 6.07) is 2.04. The summed E-state index contributed by atoms with van der Waals surface area (Å²) in [5, 5.41) is -0.188. The summed E-state index contributed by atoms with van der Waals surface area (Å²) >= 11 is 11.3. The number of halogens is 3. The molecule has 14 heavy (non-hydrogen) atoms. The van der Waals surface area contributed by atoms with Crippen LogP contribution in [0.15, 0.2) is 9.85 Å². The van der Waals surface area contributed by atoms with E-state index in [-0.39, 0.29) is 10.8 Å². The Balaban J connectivity index is 2.24. The predicted octanol–water partition coefficient (Wildman–Crippen LogP) is 4.85. The third kappa shape index (κ3) is 1.63. The maximum Gasteiger partial charge on any atom is 0.108 e. The van der Waals surface area contributed by atoms with Crippen molar-refractivity contribution in [3.8, 4) is 0 Å². The molecule has 1 fully saturated rings. The molecule has 0 aromatic carbocycles. The van der Waals surface area contributed by atoms with Gasteiger partial charge in [-0.3, -0.25) is 0 Å². The standard InChI is InChI=1S/C10H11BrClFS/c1-5-3-6(14-9(5)11)8(12)10(2)4-7(10)13/h3,7-8H,4H2,1-2H3. The minimum atomic E-state index is -0.730. The van der Waals surface area contributed by atoms with E-state index < -0.39 is 6.17 Å². The van der Waals surface area contributed by atoms with Gasteiger partial charge in [-0.1, -0.05) is 6.92 Å². The number of aryl methyl sites for hydroxylation is 1. The monoisotopic (exact) mass is 296 g/mol. The molecule has 1 aliphatic rings. The second-order valence-electron chi connectivity index (χ2n) is 4.15. The number of hydrogen-bond donors (Lipinski definition) is 0. The highest BCUT2D eigenvalue weighted by molar-refractivity contribution is 9.11. The van der Waals surface area contributed by atoms with E-state index in [1.54, 1.807) is 11.3 Å². The lowest BCUT2D eigenvalue weighted by Crippen LogP contribution is -2.06. The zero-order valence-electron chi connectivity index (χ0n) is 7.98. The third-order valence-corrected chi connectivity index (χ3v) is 5.94. The fourth-order valence-electron chi connectivity index (χ4n) is 1.52. The molecule has 0 nitrogen and oxygen atoms in total. The Morgan fingerprint density at radius 2 is 2.36 bits per heavy atom. The van der Waals surface area contributed by atoms with Crippen molar-refractivity contribution in [1.29, 1.82) is 0 Å². The summed E-state index contributed by atoms with van der Waals surface area (Å²) in [5.41, 5.74) is 0.841. The number of thiophene rings is 1. The Bertz CT molecular complexity index is 346. The predicted molar refractivity (Wildman–Crippen MR) is 63.0 cm³/mol. The van der Waals surface area contributed by atoms with E-state index >= 15 is 0 Å². The van der Waals surface area contributed by atoms with Gasteiger partial charge in [-0.15, -0.1) is 22.9 Å². The lowest BCUT2D eigenvalue weighted by atomic mass is 10.0. The first kappa shape index (κ1) is 10.9. The van der Waals surface area contributed by atoms with Crippen LogP contribution in [-0.2, 0) is 0 Å². The molecule has 0 N–H and O–H groups in total. The summed E-state index contributed by atoms with van der Waals surface area (Å²) in [7, 11) is 0. The highest BCUT2D eigenvalue weighted by atomic mass is 79.9. The average molecular weight is 298 g/mol. The van der Waals surface area contributed by atoms with E-state index in [1.165, 1.54) is 5.56 Å². The Labute approximate surface area is 101 Å². The SMILES string of the molecule is Cc1cc(C(Cl)C2(C)CC2F)sc1Br. The van der Waals surface area contributed by atoms with E-state index in [0.29, 0.717) is 6.42 Å². The fraction of sp³-hybridized carbons (Fsp3) is 0.600. The van der Waals surface area contributed by atoms with Gasteiger partial charge in [0.05, 0.1) is 9.16 Å². The van der Waals surface area contributed by atoms with Gasteiger partial charge in [0.25, 0.3) is 0 Å². The summed E-state index contributed by atoms with van der Waals surface area (Å²) in [4.78, 5) is 1.07. The van der Waals surface area contributed by atoms with Crippen molar-refractivity contribution in [2.45, 2.75) is 31.8 Å². The van der Waals surface area contributed by atoms with Crippen molar-refractivity contribution >= 4 is 38.9 Å². The molecule has 1 aromatic rings.